The largest absolute Gasteiger partial charge is 0.496 e. The van der Waals surface area contributed by atoms with Crippen LogP contribution in [0.3, 0.4) is 0 Å². The van der Waals surface area contributed by atoms with Gasteiger partial charge in [0.25, 0.3) is 0 Å². The van der Waals surface area contributed by atoms with Gasteiger partial charge in [0.2, 0.25) is 5.91 Å². The molecular formula is C12H13NO3. The molecule has 2 N–H and O–H groups in total. The molecule has 0 atom stereocenters. The van der Waals surface area contributed by atoms with Crippen LogP contribution in [0.2, 0.25) is 0 Å². The zero-order valence-electron chi connectivity index (χ0n) is 9.19. The van der Waals surface area contributed by atoms with Gasteiger partial charge in [0, 0.05) is 17.2 Å². The van der Waals surface area contributed by atoms with E-state index in [0.29, 0.717) is 16.9 Å². The number of Topliss-reactive ketones (excluding diaryl/α,β-unsaturated/α-hetero) is 1. The molecule has 1 amide bonds. The average Bonchev–Trinajstić information content (AvgIpc) is 2.25. The highest BCUT2D eigenvalue weighted by Gasteiger charge is 2.04. The van der Waals surface area contributed by atoms with E-state index in [9.17, 15) is 9.59 Å². The predicted molar refractivity (Wildman–Crippen MR) is 61.2 cm³/mol. The number of ether oxygens (including phenoxy) is 1. The van der Waals surface area contributed by atoms with Crippen molar-refractivity contribution in [1.29, 1.82) is 0 Å². The molecule has 0 radical (unpaired) electrons. The molecule has 0 saturated heterocycles. The SMILES string of the molecule is COc1ccc(C(C)=O)cc1C=CC(N)=O. The molecule has 1 rings (SSSR count). The Morgan fingerprint density at radius 2 is 2.06 bits per heavy atom. The fourth-order valence-corrected chi connectivity index (χ4v) is 1.26. The molecule has 0 unspecified atom stereocenters. The van der Waals surface area contributed by atoms with Crippen LogP contribution in [0.15, 0.2) is 24.3 Å². The van der Waals surface area contributed by atoms with Crippen molar-refractivity contribution < 1.29 is 14.3 Å². The van der Waals surface area contributed by atoms with E-state index in [1.54, 1.807) is 18.2 Å². The Morgan fingerprint density at radius 3 is 2.56 bits per heavy atom. The van der Waals surface area contributed by atoms with Gasteiger partial charge in [0.15, 0.2) is 5.78 Å². The van der Waals surface area contributed by atoms with Crippen LogP contribution in [-0.2, 0) is 4.79 Å². The first-order valence-corrected chi connectivity index (χ1v) is 4.71. The number of primary amides is 1. The van der Waals surface area contributed by atoms with Crippen molar-refractivity contribution in [2.45, 2.75) is 6.92 Å². The summed E-state index contributed by atoms with van der Waals surface area (Å²) in [5, 5.41) is 0. The second kappa shape index (κ2) is 5.11. The van der Waals surface area contributed by atoms with Crippen LogP contribution in [0.4, 0.5) is 0 Å². The molecule has 0 aliphatic rings. The van der Waals surface area contributed by atoms with E-state index in [2.05, 4.69) is 0 Å². The molecule has 84 valence electrons. The maximum Gasteiger partial charge on any atom is 0.241 e. The minimum Gasteiger partial charge on any atom is -0.496 e. The fraction of sp³-hybridized carbons (Fsp3) is 0.167. The molecule has 0 aromatic heterocycles. The van der Waals surface area contributed by atoms with Crippen molar-refractivity contribution >= 4 is 17.8 Å². The Morgan fingerprint density at radius 1 is 1.38 bits per heavy atom. The standard InChI is InChI=1S/C12H13NO3/c1-8(14)9-3-5-11(16-2)10(7-9)4-6-12(13)15/h3-7H,1-2H3,(H2,13,15). The molecule has 0 bridgehead atoms. The summed E-state index contributed by atoms with van der Waals surface area (Å²) >= 11 is 0. The lowest BCUT2D eigenvalue weighted by Crippen LogP contribution is -2.05. The number of carbonyl (C=O) groups excluding carboxylic acids is 2. The molecule has 0 fully saturated rings. The van der Waals surface area contributed by atoms with Crippen molar-refractivity contribution in [1.82, 2.24) is 0 Å². The maximum absolute atomic E-state index is 11.2. The average molecular weight is 219 g/mol. The van der Waals surface area contributed by atoms with Gasteiger partial charge in [-0.15, -0.1) is 0 Å². The van der Waals surface area contributed by atoms with Crippen molar-refractivity contribution in [3.8, 4) is 5.75 Å². The molecule has 0 saturated carbocycles. The summed E-state index contributed by atoms with van der Waals surface area (Å²) in [7, 11) is 1.52. The first-order valence-electron chi connectivity index (χ1n) is 4.71. The van der Waals surface area contributed by atoms with Crippen molar-refractivity contribution in [3.63, 3.8) is 0 Å². The van der Waals surface area contributed by atoms with E-state index in [1.807, 2.05) is 0 Å². The summed E-state index contributed by atoms with van der Waals surface area (Å²) in [6.07, 6.45) is 2.75. The Hall–Kier alpha value is -2.10. The lowest BCUT2D eigenvalue weighted by Gasteiger charge is -2.05. The van der Waals surface area contributed by atoms with Crippen molar-refractivity contribution in [2.75, 3.05) is 7.11 Å². The Balaban J connectivity index is 3.16. The Bertz CT molecular complexity index is 450. The molecule has 0 spiro atoms. The van der Waals surface area contributed by atoms with Gasteiger partial charge in [-0.05, 0) is 31.2 Å². The molecule has 0 heterocycles. The van der Waals surface area contributed by atoms with Gasteiger partial charge in [0.1, 0.15) is 5.75 Å². The van der Waals surface area contributed by atoms with Crippen molar-refractivity contribution in [2.24, 2.45) is 5.73 Å². The number of amides is 1. The van der Waals surface area contributed by atoms with E-state index in [4.69, 9.17) is 10.5 Å². The maximum atomic E-state index is 11.2. The van der Waals surface area contributed by atoms with E-state index in [-0.39, 0.29) is 5.78 Å². The predicted octanol–water partition coefficient (Wildman–Crippen LogP) is 1.40. The minimum atomic E-state index is -0.546. The van der Waals surface area contributed by atoms with E-state index in [0.717, 1.165) is 0 Å². The molecule has 4 heteroatoms. The second-order valence-electron chi connectivity index (χ2n) is 3.25. The van der Waals surface area contributed by atoms with E-state index >= 15 is 0 Å². The quantitative estimate of drug-likeness (QED) is 0.614. The first-order chi connectivity index (χ1) is 7.54. The van der Waals surface area contributed by atoms with E-state index < -0.39 is 5.91 Å². The number of ketones is 1. The Kier molecular flexibility index (Phi) is 3.83. The van der Waals surface area contributed by atoms with Gasteiger partial charge < -0.3 is 10.5 Å². The number of hydrogen-bond acceptors (Lipinski definition) is 3. The van der Waals surface area contributed by atoms with Gasteiger partial charge in [-0.1, -0.05) is 0 Å². The summed E-state index contributed by atoms with van der Waals surface area (Å²) in [5.41, 5.74) is 6.20. The lowest BCUT2D eigenvalue weighted by atomic mass is 10.1. The summed E-state index contributed by atoms with van der Waals surface area (Å²) in [6, 6.07) is 5.00. The highest BCUT2D eigenvalue weighted by molar-refractivity contribution is 5.96. The van der Waals surface area contributed by atoms with Crippen LogP contribution in [0.25, 0.3) is 6.08 Å². The molecular weight excluding hydrogens is 206 g/mol. The third-order valence-corrected chi connectivity index (χ3v) is 2.06. The first kappa shape index (κ1) is 12.0. The van der Waals surface area contributed by atoms with Crippen molar-refractivity contribution in [3.05, 3.63) is 35.4 Å². The third-order valence-electron chi connectivity index (χ3n) is 2.06. The highest BCUT2D eigenvalue weighted by Crippen LogP contribution is 2.21. The molecule has 1 aromatic carbocycles. The smallest absolute Gasteiger partial charge is 0.241 e. The Labute approximate surface area is 93.7 Å². The molecule has 4 nitrogen and oxygen atoms in total. The molecule has 1 aromatic rings. The number of hydrogen-bond donors (Lipinski definition) is 1. The van der Waals surface area contributed by atoms with Gasteiger partial charge in [0.05, 0.1) is 7.11 Å². The molecule has 16 heavy (non-hydrogen) atoms. The zero-order valence-corrected chi connectivity index (χ0v) is 9.19. The second-order valence-corrected chi connectivity index (χ2v) is 3.25. The van der Waals surface area contributed by atoms with Crippen LogP contribution in [0.5, 0.6) is 5.75 Å². The number of benzene rings is 1. The van der Waals surface area contributed by atoms with Gasteiger partial charge >= 0.3 is 0 Å². The van der Waals surface area contributed by atoms with Crippen LogP contribution >= 0.6 is 0 Å². The van der Waals surface area contributed by atoms with Gasteiger partial charge in [-0.25, -0.2) is 0 Å². The molecule has 0 aliphatic heterocycles. The lowest BCUT2D eigenvalue weighted by molar-refractivity contribution is -0.113. The number of nitrogens with two attached hydrogens (primary N) is 1. The van der Waals surface area contributed by atoms with E-state index in [1.165, 1.54) is 26.2 Å². The zero-order chi connectivity index (χ0) is 12.1. The fourth-order valence-electron chi connectivity index (χ4n) is 1.26. The number of methoxy groups -OCH3 is 1. The molecule has 0 aliphatic carbocycles. The summed E-state index contributed by atoms with van der Waals surface area (Å²) in [4.78, 5) is 21.8. The summed E-state index contributed by atoms with van der Waals surface area (Å²) in [5.74, 6) is -0.00541. The number of rotatable bonds is 4. The van der Waals surface area contributed by atoms with Crippen LogP contribution in [0.1, 0.15) is 22.8 Å². The van der Waals surface area contributed by atoms with Crippen LogP contribution in [-0.4, -0.2) is 18.8 Å². The minimum absolute atomic E-state index is 0.0450. The van der Waals surface area contributed by atoms with Crippen LogP contribution < -0.4 is 10.5 Å². The van der Waals surface area contributed by atoms with Gasteiger partial charge in [-0.2, -0.15) is 0 Å². The third kappa shape index (κ3) is 2.95. The monoisotopic (exact) mass is 219 g/mol. The summed E-state index contributed by atoms with van der Waals surface area (Å²) < 4.78 is 5.10. The topological polar surface area (TPSA) is 69.4 Å². The van der Waals surface area contributed by atoms with Crippen LogP contribution in [0, 0.1) is 0 Å². The highest BCUT2D eigenvalue weighted by atomic mass is 16.5. The normalized spacial score (nSPS) is 10.4. The summed E-state index contributed by atoms with van der Waals surface area (Å²) in [6.45, 7) is 1.48. The van der Waals surface area contributed by atoms with Gasteiger partial charge in [-0.3, -0.25) is 9.59 Å². The number of carbonyl (C=O) groups is 2.